The molecule has 0 fully saturated rings. The average Bonchev–Trinajstić information content (AvgIpc) is 3.06. The third-order valence-corrected chi connectivity index (χ3v) is 4.96. The highest BCUT2D eigenvalue weighted by atomic mass is 32.1. The molecule has 1 amide bonds. The Kier molecular flexibility index (Phi) is 3.12. The van der Waals surface area contributed by atoms with Crippen LogP contribution in [0.5, 0.6) is 0 Å². The van der Waals surface area contributed by atoms with Gasteiger partial charge < -0.3 is 0 Å². The minimum Gasteiger partial charge on any atom is -0.289 e. The zero-order chi connectivity index (χ0) is 16.0. The van der Waals surface area contributed by atoms with Crippen molar-refractivity contribution >= 4 is 38.9 Å². The summed E-state index contributed by atoms with van der Waals surface area (Å²) >= 11 is 1.56. The fourth-order valence-electron chi connectivity index (χ4n) is 2.59. The van der Waals surface area contributed by atoms with Crippen molar-refractivity contribution in [3.63, 3.8) is 0 Å². The fourth-order valence-corrected chi connectivity index (χ4v) is 3.49. The lowest BCUT2D eigenvalue weighted by Gasteiger charge is -2.05. The molecular weight excluding hydrogens is 308 g/mol. The number of rotatable bonds is 2. The Labute approximate surface area is 136 Å². The van der Waals surface area contributed by atoms with Crippen molar-refractivity contribution < 1.29 is 4.79 Å². The minimum atomic E-state index is -0.200. The van der Waals surface area contributed by atoms with Crippen LogP contribution >= 0.6 is 11.3 Å². The van der Waals surface area contributed by atoms with E-state index in [0.717, 1.165) is 21.4 Å². The third kappa shape index (κ3) is 2.27. The van der Waals surface area contributed by atoms with E-state index in [1.165, 1.54) is 4.88 Å². The van der Waals surface area contributed by atoms with Crippen molar-refractivity contribution in [2.24, 2.45) is 0 Å². The van der Waals surface area contributed by atoms with Gasteiger partial charge >= 0.3 is 0 Å². The molecular formula is C17H14N4OS. The summed E-state index contributed by atoms with van der Waals surface area (Å²) in [6, 6.07) is 13.5. The van der Waals surface area contributed by atoms with Crippen molar-refractivity contribution in [1.82, 2.24) is 14.6 Å². The van der Waals surface area contributed by atoms with Gasteiger partial charge in [0, 0.05) is 10.4 Å². The molecule has 0 saturated carbocycles. The molecule has 2 aromatic heterocycles. The van der Waals surface area contributed by atoms with Crippen molar-refractivity contribution in [2.45, 2.75) is 13.8 Å². The van der Waals surface area contributed by atoms with Crippen molar-refractivity contribution in [3.8, 4) is 0 Å². The molecule has 5 nitrogen and oxygen atoms in total. The number of carbonyl (C=O) groups is 1. The van der Waals surface area contributed by atoms with Crippen LogP contribution in [-0.2, 0) is 0 Å². The molecule has 23 heavy (non-hydrogen) atoms. The Hall–Kier alpha value is -2.73. The van der Waals surface area contributed by atoms with Gasteiger partial charge in [-0.15, -0.1) is 5.10 Å². The molecule has 0 atom stereocenters. The number of aryl methyl sites for hydroxylation is 2. The highest BCUT2D eigenvalue weighted by molar-refractivity contribution is 7.17. The first-order valence-corrected chi connectivity index (χ1v) is 8.07. The Morgan fingerprint density at radius 1 is 1.13 bits per heavy atom. The smallest absolute Gasteiger partial charge is 0.258 e. The molecule has 0 spiro atoms. The van der Waals surface area contributed by atoms with Crippen LogP contribution in [0, 0.1) is 13.8 Å². The first kappa shape index (κ1) is 13.9. The van der Waals surface area contributed by atoms with Crippen LogP contribution in [0.15, 0.2) is 42.5 Å². The minimum absolute atomic E-state index is 0.200. The van der Waals surface area contributed by atoms with Crippen molar-refractivity contribution in [2.75, 3.05) is 5.32 Å². The Morgan fingerprint density at radius 2 is 1.91 bits per heavy atom. The molecule has 2 heterocycles. The molecule has 0 aliphatic heterocycles. The molecule has 4 rings (SSSR count). The molecule has 6 heteroatoms. The van der Waals surface area contributed by atoms with Crippen LogP contribution in [0.2, 0.25) is 0 Å². The first-order chi connectivity index (χ1) is 11.1. The SMILES string of the molecule is Cc1sc2nc(NC(=O)c3cccc4ccccc34)nn2c1C. The second kappa shape index (κ2) is 5.17. The predicted molar refractivity (Wildman–Crippen MR) is 92.2 cm³/mol. The summed E-state index contributed by atoms with van der Waals surface area (Å²) in [6.07, 6.45) is 0. The lowest BCUT2D eigenvalue weighted by molar-refractivity contribution is 0.102. The normalized spacial score (nSPS) is 11.2. The van der Waals surface area contributed by atoms with E-state index in [1.54, 1.807) is 15.9 Å². The molecule has 0 aliphatic carbocycles. The number of fused-ring (bicyclic) bond motifs is 2. The summed E-state index contributed by atoms with van der Waals surface area (Å²) < 4.78 is 1.76. The van der Waals surface area contributed by atoms with Gasteiger partial charge in [0.05, 0.1) is 5.69 Å². The number of amides is 1. The maximum absolute atomic E-state index is 12.6. The number of hydrogen-bond acceptors (Lipinski definition) is 4. The summed E-state index contributed by atoms with van der Waals surface area (Å²) in [5.41, 5.74) is 1.66. The lowest BCUT2D eigenvalue weighted by Crippen LogP contribution is -2.13. The number of nitrogens with zero attached hydrogens (tertiary/aromatic N) is 3. The van der Waals surface area contributed by atoms with E-state index >= 15 is 0 Å². The van der Waals surface area contributed by atoms with Gasteiger partial charge in [-0.2, -0.15) is 4.98 Å². The van der Waals surface area contributed by atoms with Gasteiger partial charge in [0.25, 0.3) is 11.9 Å². The summed E-state index contributed by atoms with van der Waals surface area (Å²) in [7, 11) is 0. The summed E-state index contributed by atoms with van der Waals surface area (Å²) in [4.78, 5) is 18.9. The molecule has 0 unspecified atom stereocenters. The maximum atomic E-state index is 12.6. The summed E-state index contributed by atoms with van der Waals surface area (Å²) in [5.74, 6) is 0.131. The number of benzene rings is 2. The molecule has 1 N–H and O–H groups in total. The zero-order valence-electron chi connectivity index (χ0n) is 12.7. The van der Waals surface area contributed by atoms with Crippen LogP contribution in [0.25, 0.3) is 15.7 Å². The van der Waals surface area contributed by atoms with E-state index in [-0.39, 0.29) is 5.91 Å². The number of hydrogen-bond donors (Lipinski definition) is 1. The first-order valence-electron chi connectivity index (χ1n) is 7.25. The van der Waals surface area contributed by atoms with Crippen LogP contribution in [0.1, 0.15) is 20.9 Å². The Morgan fingerprint density at radius 3 is 2.74 bits per heavy atom. The van der Waals surface area contributed by atoms with Gasteiger partial charge in [0.2, 0.25) is 4.96 Å². The third-order valence-electron chi connectivity index (χ3n) is 3.91. The number of anilines is 1. The van der Waals surface area contributed by atoms with Crippen LogP contribution in [0.4, 0.5) is 5.95 Å². The van der Waals surface area contributed by atoms with Crippen LogP contribution in [0.3, 0.4) is 0 Å². The van der Waals surface area contributed by atoms with E-state index in [2.05, 4.69) is 15.4 Å². The Balaban J connectivity index is 1.70. The Bertz CT molecular complexity index is 1040. The number of carbonyl (C=O) groups excluding carboxylic acids is 1. The molecule has 2 aromatic carbocycles. The van der Waals surface area contributed by atoms with E-state index in [1.807, 2.05) is 56.3 Å². The number of aromatic nitrogens is 3. The quantitative estimate of drug-likeness (QED) is 0.610. The van der Waals surface area contributed by atoms with Gasteiger partial charge in [-0.3, -0.25) is 10.1 Å². The summed E-state index contributed by atoms with van der Waals surface area (Å²) in [6.45, 7) is 4.02. The average molecular weight is 322 g/mol. The topological polar surface area (TPSA) is 59.3 Å². The highest BCUT2D eigenvalue weighted by Crippen LogP contribution is 2.22. The number of thiazole rings is 1. The molecule has 114 valence electrons. The highest BCUT2D eigenvalue weighted by Gasteiger charge is 2.15. The lowest BCUT2D eigenvalue weighted by atomic mass is 10.0. The second-order valence-electron chi connectivity index (χ2n) is 5.35. The van der Waals surface area contributed by atoms with Gasteiger partial charge in [-0.25, -0.2) is 4.52 Å². The largest absolute Gasteiger partial charge is 0.289 e. The van der Waals surface area contributed by atoms with Crippen LogP contribution < -0.4 is 5.32 Å². The van der Waals surface area contributed by atoms with Gasteiger partial charge in [-0.05, 0) is 30.7 Å². The molecule has 0 bridgehead atoms. The molecule has 4 aromatic rings. The maximum Gasteiger partial charge on any atom is 0.258 e. The predicted octanol–water partition coefficient (Wildman–Crippen LogP) is 3.81. The van der Waals surface area contributed by atoms with E-state index < -0.39 is 0 Å². The standard InChI is InChI=1S/C17H14N4OS/c1-10-11(2)23-17-19-16(20-21(10)17)18-15(22)14-9-5-7-12-6-3-4-8-13(12)14/h3-9H,1-2H3,(H,18,20,22). The molecule has 0 saturated heterocycles. The second-order valence-corrected chi connectivity index (χ2v) is 6.54. The van der Waals surface area contributed by atoms with Gasteiger partial charge in [0.15, 0.2) is 0 Å². The zero-order valence-corrected chi connectivity index (χ0v) is 13.5. The van der Waals surface area contributed by atoms with Crippen molar-refractivity contribution in [1.29, 1.82) is 0 Å². The fraction of sp³-hybridized carbons (Fsp3) is 0.118. The van der Waals surface area contributed by atoms with Crippen molar-refractivity contribution in [3.05, 3.63) is 58.6 Å². The van der Waals surface area contributed by atoms with Gasteiger partial charge in [-0.1, -0.05) is 47.7 Å². The summed E-state index contributed by atoms with van der Waals surface area (Å²) in [5, 5.41) is 9.11. The number of nitrogens with one attached hydrogen (secondary N) is 1. The van der Waals surface area contributed by atoms with Gasteiger partial charge in [0.1, 0.15) is 0 Å². The van der Waals surface area contributed by atoms with Crippen LogP contribution in [-0.4, -0.2) is 20.5 Å². The monoisotopic (exact) mass is 322 g/mol. The molecule has 0 aliphatic rings. The van der Waals surface area contributed by atoms with E-state index in [9.17, 15) is 4.79 Å². The van der Waals surface area contributed by atoms with E-state index in [0.29, 0.717) is 11.5 Å². The van der Waals surface area contributed by atoms with E-state index in [4.69, 9.17) is 0 Å². The molecule has 0 radical (unpaired) electrons.